The zero-order chi connectivity index (χ0) is 33.3. The van der Waals surface area contributed by atoms with Gasteiger partial charge in [-0.05, 0) is 87.6 Å². The Morgan fingerprint density at radius 2 is 1.70 bits per heavy atom. The van der Waals surface area contributed by atoms with E-state index in [1.54, 1.807) is 30.6 Å². The van der Waals surface area contributed by atoms with Gasteiger partial charge in [-0.3, -0.25) is 4.90 Å². The van der Waals surface area contributed by atoms with Crippen molar-refractivity contribution in [1.82, 2.24) is 24.8 Å². The molecule has 2 aliphatic rings. The molecular weight excluding hydrogens is 613 g/mol. The minimum absolute atomic E-state index is 0.0117. The molecule has 4 aromatic rings. The van der Waals surface area contributed by atoms with Crippen LogP contribution < -0.4 is 14.2 Å². The van der Waals surface area contributed by atoms with E-state index in [9.17, 15) is 8.42 Å². The number of piperidine rings is 1. The van der Waals surface area contributed by atoms with E-state index in [2.05, 4.69) is 33.4 Å². The normalized spacial score (nSPS) is 21.1. The van der Waals surface area contributed by atoms with Crippen molar-refractivity contribution in [2.75, 3.05) is 11.3 Å². The van der Waals surface area contributed by atoms with Crippen LogP contribution in [-0.2, 0) is 16.6 Å². The van der Waals surface area contributed by atoms with E-state index in [0.29, 0.717) is 48.1 Å². The molecule has 0 spiro atoms. The summed E-state index contributed by atoms with van der Waals surface area (Å²) in [6.07, 6.45) is 6.38. The van der Waals surface area contributed by atoms with Crippen molar-refractivity contribution in [1.29, 1.82) is 0 Å². The third kappa shape index (κ3) is 7.41. The molecule has 1 fully saturated rings. The number of fused-ring (bicyclic) bond motifs is 5. The van der Waals surface area contributed by atoms with Gasteiger partial charge in [-0.2, -0.15) is 4.98 Å². The predicted octanol–water partition coefficient (Wildman–Crippen LogP) is 6.90. The van der Waals surface area contributed by atoms with E-state index in [1.807, 2.05) is 58.0 Å². The summed E-state index contributed by atoms with van der Waals surface area (Å²) in [6, 6.07) is 14.8. The number of sulfonamides is 1. The Morgan fingerprint density at radius 1 is 0.979 bits per heavy atom. The van der Waals surface area contributed by atoms with Gasteiger partial charge in [0, 0.05) is 24.2 Å². The van der Waals surface area contributed by atoms with Crippen molar-refractivity contribution in [2.45, 2.75) is 90.4 Å². The lowest BCUT2D eigenvalue weighted by Gasteiger charge is -2.46. The van der Waals surface area contributed by atoms with Gasteiger partial charge in [-0.1, -0.05) is 44.2 Å². The molecule has 2 aromatic carbocycles. The van der Waals surface area contributed by atoms with Crippen molar-refractivity contribution in [3.8, 4) is 22.9 Å². The second-order valence-corrected chi connectivity index (χ2v) is 15.1. The molecule has 0 aliphatic carbocycles. The summed E-state index contributed by atoms with van der Waals surface area (Å²) in [5.41, 5.74) is 4.44. The number of nitrogens with zero attached hydrogens (tertiary/aromatic N) is 5. The minimum Gasteiger partial charge on any atom is -0.488 e. The molecule has 47 heavy (non-hydrogen) atoms. The van der Waals surface area contributed by atoms with Crippen LogP contribution in [0.1, 0.15) is 75.5 Å². The Bertz CT molecular complexity index is 1810. The second kappa shape index (κ2) is 13.6. The predicted molar refractivity (Wildman–Crippen MR) is 182 cm³/mol. The lowest BCUT2D eigenvalue weighted by Crippen LogP contribution is -2.50. The van der Waals surface area contributed by atoms with Crippen LogP contribution in [0, 0.1) is 25.7 Å². The van der Waals surface area contributed by atoms with Crippen LogP contribution >= 0.6 is 0 Å². The number of aryl methyl sites for hydroxylation is 2. The molecule has 4 bridgehead atoms. The first-order chi connectivity index (χ1) is 22.5. The third-order valence-electron chi connectivity index (χ3n) is 8.91. The first-order valence-corrected chi connectivity index (χ1v) is 17.9. The Hall–Kier alpha value is -4.09. The fraction of sp³-hybridized carbons (Fsp3) is 0.444. The lowest BCUT2D eigenvalue weighted by molar-refractivity contribution is -0.00656. The van der Waals surface area contributed by atoms with Gasteiger partial charge in [0.05, 0.1) is 35.1 Å². The smallest absolute Gasteiger partial charge is 0.264 e. The number of nitrogens with one attached hydrogen (secondary N) is 1. The first kappa shape index (κ1) is 32.8. The summed E-state index contributed by atoms with van der Waals surface area (Å²) < 4.78 is 42.5. The molecule has 6 rings (SSSR count). The maximum absolute atomic E-state index is 13.7. The summed E-state index contributed by atoms with van der Waals surface area (Å²) in [5.74, 6) is 2.46. The summed E-state index contributed by atoms with van der Waals surface area (Å²) >= 11 is 0. The molecule has 1 N–H and O–H groups in total. The Kier molecular flexibility index (Phi) is 9.48. The lowest BCUT2D eigenvalue weighted by atomic mass is 9.80. The highest BCUT2D eigenvalue weighted by atomic mass is 32.2. The van der Waals surface area contributed by atoms with Gasteiger partial charge < -0.3 is 9.47 Å². The van der Waals surface area contributed by atoms with E-state index < -0.39 is 10.0 Å². The third-order valence-corrected chi connectivity index (χ3v) is 10.2. The Labute approximate surface area is 278 Å². The molecular formula is C36H44N6O4S. The number of rotatable bonds is 6. The van der Waals surface area contributed by atoms with Crippen molar-refractivity contribution in [2.24, 2.45) is 11.8 Å². The SMILES string of the molecule is Cc1cccc(C)c1-c1cc2nc(n1)NS(=O)(=O)c1cccc(c1)CN1[C@@H](c3ncc(OC(C)C)cn3)CC[C@@H](CC(C)C)[C@H]1CO2. The van der Waals surface area contributed by atoms with Gasteiger partial charge in [0.1, 0.15) is 12.4 Å². The average molecular weight is 657 g/mol. The van der Waals surface area contributed by atoms with Crippen molar-refractivity contribution in [3.63, 3.8) is 0 Å². The van der Waals surface area contributed by atoms with Crippen LogP contribution in [0.15, 0.2) is 65.8 Å². The maximum atomic E-state index is 13.7. The van der Waals surface area contributed by atoms with Gasteiger partial charge in [0.2, 0.25) is 11.8 Å². The molecule has 4 heterocycles. The number of benzene rings is 2. The number of ether oxygens (including phenoxy) is 2. The van der Waals surface area contributed by atoms with Crippen molar-refractivity contribution >= 4 is 16.0 Å². The largest absolute Gasteiger partial charge is 0.488 e. The highest BCUT2D eigenvalue weighted by Crippen LogP contribution is 2.41. The van der Waals surface area contributed by atoms with Crippen LogP contribution in [0.3, 0.4) is 0 Å². The molecule has 1 saturated heterocycles. The maximum Gasteiger partial charge on any atom is 0.264 e. The summed E-state index contributed by atoms with van der Waals surface area (Å²) in [4.78, 5) is 21.3. The molecule has 3 atom stereocenters. The summed E-state index contributed by atoms with van der Waals surface area (Å²) in [6.45, 7) is 13.3. The van der Waals surface area contributed by atoms with Crippen molar-refractivity contribution < 1.29 is 17.9 Å². The van der Waals surface area contributed by atoms with E-state index in [-0.39, 0.29) is 29.0 Å². The van der Waals surface area contributed by atoms with Crippen LogP contribution in [0.4, 0.5) is 5.95 Å². The van der Waals surface area contributed by atoms with E-state index in [1.165, 1.54) is 0 Å². The fourth-order valence-electron chi connectivity index (χ4n) is 6.94. The zero-order valence-electron chi connectivity index (χ0n) is 28.0. The van der Waals surface area contributed by atoms with Crippen LogP contribution in [-0.4, -0.2) is 52.0 Å². The molecule has 10 nitrogen and oxygen atoms in total. The molecule has 2 aliphatic heterocycles. The van der Waals surface area contributed by atoms with Crippen LogP contribution in [0.2, 0.25) is 0 Å². The second-order valence-electron chi connectivity index (χ2n) is 13.4. The fourth-order valence-corrected chi connectivity index (χ4v) is 7.96. The number of aromatic nitrogens is 4. The van der Waals surface area contributed by atoms with Crippen LogP contribution in [0.25, 0.3) is 11.3 Å². The number of anilines is 1. The molecule has 2 aromatic heterocycles. The Balaban J connectivity index is 1.47. The molecule has 0 unspecified atom stereocenters. The van der Waals surface area contributed by atoms with Gasteiger partial charge in [0.15, 0.2) is 5.75 Å². The molecule has 0 saturated carbocycles. The van der Waals surface area contributed by atoms with Gasteiger partial charge in [-0.25, -0.2) is 28.1 Å². The monoisotopic (exact) mass is 656 g/mol. The highest BCUT2D eigenvalue weighted by molar-refractivity contribution is 7.92. The number of hydrogen-bond donors (Lipinski definition) is 1. The van der Waals surface area contributed by atoms with E-state index >= 15 is 0 Å². The highest BCUT2D eigenvalue weighted by Gasteiger charge is 2.40. The van der Waals surface area contributed by atoms with Crippen molar-refractivity contribution in [3.05, 3.63) is 83.4 Å². The Morgan fingerprint density at radius 3 is 2.40 bits per heavy atom. The summed E-state index contributed by atoms with van der Waals surface area (Å²) in [5, 5.41) is 0. The summed E-state index contributed by atoms with van der Waals surface area (Å²) in [7, 11) is -4.00. The zero-order valence-corrected chi connectivity index (χ0v) is 28.8. The van der Waals surface area contributed by atoms with Gasteiger partial charge in [0.25, 0.3) is 10.0 Å². The quantitative estimate of drug-likeness (QED) is 0.236. The molecule has 248 valence electrons. The molecule has 0 radical (unpaired) electrons. The van der Waals surface area contributed by atoms with Crippen LogP contribution in [0.5, 0.6) is 11.6 Å². The van der Waals surface area contributed by atoms with Gasteiger partial charge in [-0.15, -0.1) is 0 Å². The topological polar surface area (TPSA) is 119 Å². The minimum atomic E-state index is -4.00. The molecule has 11 heteroatoms. The van der Waals surface area contributed by atoms with Gasteiger partial charge >= 0.3 is 0 Å². The average Bonchev–Trinajstić information content (AvgIpc) is 3.00. The molecule has 0 amide bonds. The standard InChI is InChI=1S/C36H44N6O4S/c1-22(2)15-27-13-14-31(35-37-18-28(19-38-35)46-23(3)4)42-20-26-11-8-12-29(16-26)47(43,44)41-36-39-30(17-33(40-36)45-21-32(27)42)34-24(5)9-7-10-25(34)6/h7-12,16-19,22-23,27,31-32H,13-15,20-21H2,1-6H3,(H,39,40,41)/t27-,31+,32+/m0/s1. The van der Waals surface area contributed by atoms with E-state index in [4.69, 9.17) is 19.4 Å². The van der Waals surface area contributed by atoms with E-state index in [0.717, 1.165) is 41.5 Å². The first-order valence-electron chi connectivity index (χ1n) is 16.4. The number of hydrogen-bond acceptors (Lipinski definition) is 9.